The normalized spacial score (nSPS) is 60.2. The zero-order valence-corrected chi connectivity index (χ0v) is 20.0. The fourth-order valence-electron chi connectivity index (χ4n) is 10.2. The van der Waals surface area contributed by atoms with Gasteiger partial charge in [-0.2, -0.15) is 0 Å². The Hall–Kier alpha value is -0.220. The van der Waals surface area contributed by atoms with Crippen molar-refractivity contribution in [1.29, 1.82) is 0 Å². The minimum Gasteiger partial charge on any atom is -0.349 e. The number of alkyl halides is 2. The third-order valence-corrected chi connectivity index (χ3v) is 11.9. The predicted octanol–water partition coefficient (Wildman–Crippen LogP) is 7.07. The van der Waals surface area contributed by atoms with Crippen molar-refractivity contribution in [1.82, 2.24) is 0 Å². The molecule has 0 N–H and O–H groups in total. The van der Waals surface area contributed by atoms with Crippen LogP contribution in [-0.2, 0) is 9.47 Å². The second-order valence-electron chi connectivity index (χ2n) is 13.2. The molecule has 2 heterocycles. The first-order chi connectivity index (χ1) is 14.6. The van der Waals surface area contributed by atoms with E-state index in [2.05, 4.69) is 27.7 Å². The molecular weight excluding hydrogens is 394 g/mol. The Morgan fingerprint density at radius 1 is 0.839 bits per heavy atom. The predicted molar refractivity (Wildman–Crippen MR) is 117 cm³/mol. The zero-order valence-electron chi connectivity index (χ0n) is 20.0. The van der Waals surface area contributed by atoms with E-state index < -0.39 is 5.92 Å². The maximum atomic E-state index is 14.2. The molecule has 2 aliphatic heterocycles. The molecule has 31 heavy (non-hydrogen) atoms. The molecule has 4 heteroatoms. The van der Waals surface area contributed by atoms with E-state index >= 15 is 0 Å². The first-order valence-corrected chi connectivity index (χ1v) is 13.3. The van der Waals surface area contributed by atoms with Gasteiger partial charge in [0.15, 0.2) is 5.79 Å². The van der Waals surface area contributed by atoms with Gasteiger partial charge in [-0.05, 0) is 91.3 Å². The third-order valence-electron chi connectivity index (χ3n) is 11.9. The summed E-state index contributed by atoms with van der Waals surface area (Å²) in [5.41, 5.74) is 0.447. The van der Waals surface area contributed by atoms with Gasteiger partial charge in [-0.15, -0.1) is 0 Å². The Morgan fingerprint density at radius 2 is 1.65 bits per heavy atom. The van der Waals surface area contributed by atoms with Crippen LogP contribution < -0.4 is 0 Å². The Balaban J connectivity index is 1.25. The van der Waals surface area contributed by atoms with Gasteiger partial charge in [0.2, 0.25) is 5.92 Å². The highest BCUT2D eigenvalue weighted by atomic mass is 19.3. The summed E-state index contributed by atoms with van der Waals surface area (Å²) in [6.45, 7) is 10.5. The lowest BCUT2D eigenvalue weighted by molar-refractivity contribution is -0.273. The van der Waals surface area contributed by atoms with Crippen molar-refractivity contribution in [3.63, 3.8) is 0 Å². The molecule has 0 amide bonds. The summed E-state index contributed by atoms with van der Waals surface area (Å²) in [7, 11) is 0. The third kappa shape index (κ3) is 2.85. The summed E-state index contributed by atoms with van der Waals surface area (Å²) in [6, 6.07) is 0. The molecule has 0 aromatic heterocycles. The van der Waals surface area contributed by atoms with Crippen LogP contribution in [0.25, 0.3) is 0 Å². The van der Waals surface area contributed by atoms with Crippen molar-refractivity contribution in [2.45, 2.75) is 110 Å². The van der Waals surface area contributed by atoms with Crippen LogP contribution in [0.1, 0.15) is 91.9 Å². The zero-order chi connectivity index (χ0) is 21.8. The van der Waals surface area contributed by atoms with Gasteiger partial charge < -0.3 is 9.47 Å². The number of ether oxygens (including phenoxy) is 2. The molecule has 0 aromatic carbocycles. The first-order valence-electron chi connectivity index (χ1n) is 13.3. The summed E-state index contributed by atoms with van der Waals surface area (Å²) in [6.07, 6.45) is 9.38. The van der Waals surface area contributed by atoms with Gasteiger partial charge in [0.25, 0.3) is 0 Å². The molecule has 6 fully saturated rings. The molecule has 11 atom stereocenters. The van der Waals surface area contributed by atoms with Crippen molar-refractivity contribution in [3.05, 3.63) is 0 Å². The molecule has 6 aliphatic rings. The topological polar surface area (TPSA) is 18.5 Å². The van der Waals surface area contributed by atoms with Crippen molar-refractivity contribution < 1.29 is 18.3 Å². The van der Waals surface area contributed by atoms with Gasteiger partial charge >= 0.3 is 0 Å². The fourth-order valence-corrected chi connectivity index (χ4v) is 10.2. The van der Waals surface area contributed by atoms with Crippen LogP contribution in [0.2, 0.25) is 0 Å². The number of rotatable bonds is 0. The van der Waals surface area contributed by atoms with Gasteiger partial charge in [-0.25, -0.2) is 8.78 Å². The van der Waals surface area contributed by atoms with Crippen molar-refractivity contribution >= 4 is 0 Å². The molecule has 0 aromatic rings. The van der Waals surface area contributed by atoms with Crippen molar-refractivity contribution in [2.75, 3.05) is 6.61 Å². The van der Waals surface area contributed by atoms with E-state index in [1.807, 2.05) is 0 Å². The van der Waals surface area contributed by atoms with E-state index in [1.54, 1.807) is 0 Å². The van der Waals surface area contributed by atoms with Crippen LogP contribution in [0.5, 0.6) is 0 Å². The summed E-state index contributed by atoms with van der Waals surface area (Å²) in [4.78, 5) is 0. The smallest absolute Gasteiger partial charge is 0.248 e. The van der Waals surface area contributed by atoms with E-state index in [0.717, 1.165) is 32.3 Å². The molecule has 176 valence electrons. The van der Waals surface area contributed by atoms with Gasteiger partial charge in [0.05, 0.1) is 12.7 Å². The number of fused-ring (bicyclic) bond motifs is 7. The van der Waals surface area contributed by atoms with Gasteiger partial charge in [0, 0.05) is 25.2 Å². The van der Waals surface area contributed by atoms with E-state index in [9.17, 15) is 8.78 Å². The lowest BCUT2D eigenvalue weighted by Crippen LogP contribution is -2.55. The molecule has 4 saturated carbocycles. The average Bonchev–Trinajstić information content (AvgIpc) is 3.16. The molecule has 0 bridgehead atoms. The fraction of sp³-hybridized carbons (Fsp3) is 1.00. The molecule has 1 spiro atoms. The van der Waals surface area contributed by atoms with E-state index in [-0.39, 0.29) is 30.0 Å². The van der Waals surface area contributed by atoms with E-state index in [1.165, 1.54) is 25.7 Å². The van der Waals surface area contributed by atoms with Crippen LogP contribution in [0.15, 0.2) is 0 Å². The Morgan fingerprint density at radius 3 is 2.39 bits per heavy atom. The quantitative estimate of drug-likeness (QED) is 0.404. The maximum absolute atomic E-state index is 14.2. The number of halogens is 2. The van der Waals surface area contributed by atoms with Gasteiger partial charge in [-0.1, -0.05) is 27.7 Å². The molecule has 6 rings (SSSR count). The molecule has 4 aliphatic carbocycles. The van der Waals surface area contributed by atoms with Crippen molar-refractivity contribution in [3.8, 4) is 0 Å². The highest BCUT2D eigenvalue weighted by molar-refractivity contribution is 5.15. The highest BCUT2D eigenvalue weighted by Gasteiger charge is 2.69. The SMILES string of the molecule is CC1C2C(CC3C4CCC5CC(F)(F)CC[C@]5(C)C4CC[C@@]32C)OC12CC[C@@H](C)CO2. The first kappa shape index (κ1) is 21.3. The Bertz CT molecular complexity index is 731. The van der Waals surface area contributed by atoms with E-state index in [0.29, 0.717) is 47.0 Å². The summed E-state index contributed by atoms with van der Waals surface area (Å²) in [5, 5.41) is 0. The highest BCUT2D eigenvalue weighted by Crippen LogP contribution is 2.71. The Labute approximate surface area is 187 Å². The summed E-state index contributed by atoms with van der Waals surface area (Å²) in [5.74, 6) is 1.17. The minimum absolute atomic E-state index is 0.106. The van der Waals surface area contributed by atoms with Crippen LogP contribution >= 0.6 is 0 Å². The molecule has 2 nitrogen and oxygen atoms in total. The standard InChI is InChI=1S/C27H42F2O2/c1-16-7-10-27(30-15-16)17(2)23-22(31-27)13-21-19-6-5-18-14-26(28,29)12-11-24(18,3)20(19)8-9-25(21,23)4/h16-23H,5-15H2,1-4H3/t16-,17?,18?,19?,20?,21?,22?,23?,24+,25+,27?/m1/s1. The number of hydrogen-bond acceptors (Lipinski definition) is 2. The Kier molecular flexibility index (Phi) is 4.59. The lowest BCUT2D eigenvalue weighted by Gasteiger charge is -2.61. The second-order valence-corrected chi connectivity index (χ2v) is 13.2. The van der Waals surface area contributed by atoms with Gasteiger partial charge in [0.1, 0.15) is 0 Å². The second kappa shape index (κ2) is 6.68. The summed E-state index contributed by atoms with van der Waals surface area (Å²) >= 11 is 0. The molecule has 8 unspecified atom stereocenters. The van der Waals surface area contributed by atoms with Crippen molar-refractivity contribution in [2.24, 2.45) is 52.3 Å². The summed E-state index contributed by atoms with van der Waals surface area (Å²) < 4.78 is 41.7. The van der Waals surface area contributed by atoms with Crippen LogP contribution in [0, 0.1) is 52.3 Å². The average molecular weight is 437 g/mol. The molecule has 0 radical (unpaired) electrons. The lowest BCUT2D eigenvalue weighted by atomic mass is 9.44. The minimum atomic E-state index is -2.43. The van der Waals surface area contributed by atoms with Crippen LogP contribution in [-0.4, -0.2) is 24.4 Å². The van der Waals surface area contributed by atoms with Gasteiger partial charge in [-0.3, -0.25) is 0 Å². The molecule has 2 saturated heterocycles. The molecular formula is C27H42F2O2. The van der Waals surface area contributed by atoms with E-state index in [4.69, 9.17) is 9.47 Å². The maximum Gasteiger partial charge on any atom is 0.248 e. The van der Waals surface area contributed by atoms with Crippen LogP contribution in [0.3, 0.4) is 0 Å². The largest absolute Gasteiger partial charge is 0.349 e. The van der Waals surface area contributed by atoms with Crippen LogP contribution in [0.4, 0.5) is 8.78 Å². The monoisotopic (exact) mass is 436 g/mol. The number of hydrogen-bond donors (Lipinski definition) is 0.